The number of halogens is 1. The summed E-state index contributed by atoms with van der Waals surface area (Å²) >= 11 is 0. The summed E-state index contributed by atoms with van der Waals surface area (Å²) in [6.45, 7) is 4.82. The Hall–Kier alpha value is -1.13. The highest BCUT2D eigenvalue weighted by Crippen LogP contribution is 2.17. The number of methoxy groups -OCH3 is 1. The van der Waals surface area contributed by atoms with Crippen LogP contribution >= 0.6 is 0 Å². The molecule has 0 saturated carbocycles. The van der Waals surface area contributed by atoms with Gasteiger partial charge in [0.25, 0.3) is 0 Å². The molecule has 0 bridgehead atoms. The van der Waals surface area contributed by atoms with Crippen LogP contribution in [0.1, 0.15) is 12.5 Å². The predicted octanol–water partition coefficient (Wildman–Crippen LogP) is 1.88. The predicted molar refractivity (Wildman–Crippen MR) is 63.6 cm³/mol. The van der Waals surface area contributed by atoms with Gasteiger partial charge in [0.15, 0.2) is 0 Å². The van der Waals surface area contributed by atoms with Crippen molar-refractivity contribution < 1.29 is 9.13 Å². The largest absolute Gasteiger partial charge is 0.398 e. The molecule has 0 radical (unpaired) electrons. The maximum atomic E-state index is 13.5. The van der Waals surface area contributed by atoms with E-state index in [1.54, 1.807) is 19.2 Å². The molecular weight excluding hydrogens is 207 g/mol. The van der Waals surface area contributed by atoms with Gasteiger partial charge in [-0.05, 0) is 18.7 Å². The molecule has 0 aliphatic rings. The maximum Gasteiger partial charge on any atom is 0.129 e. The molecule has 0 aromatic heterocycles. The van der Waals surface area contributed by atoms with Gasteiger partial charge >= 0.3 is 0 Å². The van der Waals surface area contributed by atoms with Crippen molar-refractivity contribution in [1.29, 1.82) is 0 Å². The Morgan fingerprint density at radius 2 is 2.19 bits per heavy atom. The topological polar surface area (TPSA) is 38.5 Å². The van der Waals surface area contributed by atoms with Crippen molar-refractivity contribution in [2.45, 2.75) is 13.5 Å². The lowest BCUT2D eigenvalue weighted by Crippen LogP contribution is -2.27. The van der Waals surface area contributed by atoms with Crippen molar-refractivity contribution in [3.8, 4) is 0 Å². The summed E-state index contributed by atoms with van der Waals surface area (Å²) in [6.07, 6.45) is 0. The van der Waals surface area contributed by atoms with Gasteiger partial charge in [0.05, 0.1) is 6.61 Å². The SMILES string of the molecule is CCN(CCOC)Cc1c(N)cccc1F. The molecular formula is C12H19FN2O. The van der Waals surface area contributed by atoms with E-state index in [0.717, 1.165) is 13.1 Å². The molecule has 1 rings (SSSR count). The van der Waals surface area contributed by atoms with E-state index in [2.05, 4.69) is 4.90 Å². The van der Waals surface area contributed by atoms with Crippen LogP contribution in [0.25, 0.3) is 0 Å². The number of ether oxygens (including phenoxy) is 1. The van der Waals surface area contributed by atoms with Crippen LogP contribution in [-0.2, 0) is 11.3 Å². The lowest BCUT2D eigenvalue weighted by atomic mass is 10.1. The second-order valence-corrected chi connectivity index (χ2v) is 3.67. The van der Waals surface area contributed by atoms with E-state index in [4.69, 9.17) is 10.5 Å². The second-order valence-electron chi connectivity index (χ2n) is 3.67. The van der Waals surface area contributed by atoms with Crippen LogP contribution in [0.2, 0.25) is 0 Å². The molecule has 0 atom stereocenters. The Morgan fingerprint density at radius 1 is 1.44 bits per heavy atom. The minimum absolute atomic E-state index is 0.240. The van der Waals surface area contributed by atoms with Crippen molar-refractivity contribution in [3.63, 3.8) is 0 Å². The number of hydrogen-bond acceptors (Lipinski definition) is 3. The van der Waals surface area contributed by atoms with Gasteiger partial charge in [0.1, 0.15) is 5.82 Å². The van der Waals surface area contributed by atoms with E-state index in [9.17, 15) is 4.39 Å². The number of nitrogens with zero attached hydrogens (tertiary/aromatic N) is 1. The molecule has 0 fully saturated rings. The van der Waals surface area contributed by atoms with E-state index >= 15 is 0 Å². The Morgan fingerprint density at radius 3 is 2.75 bits per heavy atom. The first-order valence-corrected chi connectivity index (χ1v) is 5.43. The van der Waals surface area contributed by atoms with Gasteiger partial charge < -0.3 is 10.5 Å². The van der Waals surface area contributed by atoms with Crippen molar-refractivity contribution in [3.05, 3.63) is 29.6 Å². The normalized spacial score (nSPS) is 11.0. The number of likely N-dealkylation sites (N-methyl/N-ethyl adjacent to an activating group) is 1. The molecule has 0 aliphatic heterocycles. The third-order valence-electron chi connectivity index (χ3n) is 2.60. The Balaban J connectivity index is 2.69. The molecule has 0 amide bonds. The molecule has 1 aromatic rings. The van der Waals surface area contributed by atoms with E-state index in [0.29, 0.717) is 24.4 Å². The van der Waals surface area contributed by atoms with Crippen LogP contribution < -0.4 is 5.73 Å². The van der Waals surface area contributed by atoms with Crippen LogP contribution in [0.3, 0.4) is 0 Å². The highest BCUT2D eigenvalue weighted by molar-refractivity contribution is 5.47. The molecule has 0 aliphatic carbocycles. The summed E-state index contributed by atoms with van der Waals surface area (Å²) in [4.78, 5) is 2.10. The summed E-state index contributed by atoms with van der Waals surface area (Å²) < 4.78 is 18.5. The number of nitrogen functional groups attached to an aromatic ring is 1. The average Bonchev–Trinajstić information content (AvgIpc) is 2.28. The fraction of sp³-hybridized carbons (Fsp3) is 0.500. The molecule has 1 aromatic carbocycles. The van der Waals surface area contributed by atoms with Crippen LogP contribution in [0.4, 0.5) is 10.1 Å². The number of nitrogens with two attached hydrogens (primary N) is 1. The number of anilines is 1. The number of benzene rings is 1. The Kier molecular flexibility index (Phi) is 5.22. The van der Waals surface area contributed by atoms with Crippen molar-refractivity contribution >= 4 is 5.69 Å². The van der Waals surface area contributed by atoms with Gasteiger partial charge in [-0.15, -0.1) is 0 Å². The third kappa shape index (κ3) is 3.47. The van der Waals surface area contributed by atoms with Gasteiger partial charge in [-0.2, -0.15) is 0 Å². The zero-order valence-corrected chi connectivity index (χ0v) is 9.87. The van der Waals surface area contributed by atoms with E-state index in [1.807, 2.05) is 6.92 Å². The first kappa shape index (κ1) is 12.9. The van der Waals surface area contributed by atoms with Crippen molar-refractivity contribution in [2.24, 2.45) is 0 Å². The van der Waals surface area contributed by atoms with Gasteiger partial charge in [0, 0.05) is 31.5 Å². The minimum Gasteiger partial charge on any atom is -0.398 e. The quantitative estimate of drug-likeness (QED) is 0.753. The molecule has 3 nitrogen and oxygen atoms in total. The van der Waals surface area contributed by atoms with Crippen molar-refractivity contribution in [2.75, 3.05) is 32.5 Å². The fourth-order valence-corrected chi connectivity index (χ4v) is 1.54. The third-order valence-corrected chi connectivity index (χ3v) is 2.60. The summed E-state index contributed by atoms with van der Waals surface area (Å²) in [6, 6.07) is 4.79. The monoisotopic (exact) mass is 226 g/mol. The Labute approximate surface area is 96.0 Å². The van der Waals surface area contributed by atoms with Crippen molar-refractivity contribution in [1.82, 2.24) is 4.90 Å². The maximum absolute atomic E-state index is 13.5. The number of hydrogen-bond donors (Lipinski definition) is 1. The first-order valence-electron chi connectivity index (χ1n) is 5.43. The fourth-order valence-electron chi connectivity index (χ4n) is 1.54. The molecule has 0 heterocycles. The summed E-state index contributed by atoms with van der Waals surface area (Å²) in [7, 11) is 1.66. The molecule has 16 heavy (non-hydrogen) atoms. The highest BCUT2D eigenvalue weighted by Gasteiger charge is 2.10. The van der Waals surface area contributed by atoms with Crippen LogP contribution in [0, 0.1) is 5.82 Å². The average molecular weight is 226 g/mol. The van der Waals surface area contributed by atoms with Crippen LogP contribution in [-0.4, -0.2) is 31.7 Å². The lowest BCUT2D eigenvalue weighted by Gasteiger charge is -2.21. The standard InChI is InChI=1S/C12H19FN2O/c1-3-15(7-8-16-2)9-10-11(13)5-4-6-12(10)14/h4-6H,3,7-9,14H2,1-2H3. The van der Waals surface area contributed by atoms with Gasteiger partial charge in [-0.1, -0.05) is 13.0 Å². The Bertz CT molecular complexity index is 311. The molecule has 0 saturated heterocycles. The second kappa shape index (κ2) is 6.45. The molecule has 0 spiro atoms. The van der Waals surface area contributed by atoms with Crippen LogP contribution in [0.15, 0.2) is 18.2 Å². The summed E-state index contributed by atoms with van der Waals surface area (Å²) in [5.41, 5.74) is 6.84. The molecule has 4 heteroatoms. The smallest absolute Gasteiger partial charge is 0.129 e. The van der Waals surface area contributed by atoms with E-state index < -0.39 is 0 Å². The molecule has 2 N–H and O–H groups in total. The lowest BCUT2D eigenvalue weighted by molar-refractivity contribution is 0.147. The molecule has 0 unspecified atom stereocenters. The summed E-state index contributed by atoms with van der Waals surface area (Å²) in [5, 5.41) is 0. The zero-order chi connectivity index (χ0) is 12.0. The summed E-state index contributed by atoms with van der Waals surface area (Å²) in [5.74, 6) is -0.240. The van der Waals surface area contributed by atoms with Gasteiger partial charge in [-0.25, -0.2) is 4.39 Å². The zero-order valence-electron chi connectivity index (χ0n) is 9.87. The highest BCUT2D eigenvalue weighted by atomic mass is 19.1. The number of rotatable bonds is 6. The molecule has 90 valence electrons. The first-order chi connectivity index (χ1) is 7.69. The van der Waals surface area contributed by atoms with Crippen LogP contribution in [0.5, 0.6) is 0 Å². The van der Waals surface area contributed by atoms with E-state index in [-0.39, 0.29) is 5.82 Å². The minimum atomic E-state index is -0.240. The van der Waals surface area contributed by atoms with E-state index in [1.165, 1.54) is 6.07 Å². The van der Waals surface area contributed by atoms with Gasteiger partial charge in [0.2, 0.25) is 0 Å². The van der Waals surface area contributed by atoms with Gasteiger partial charge in [-0.3, -0.25) is 4.90 Å².